The fourth-order valence-electron chi connectivity index (χ4n) is 7.62. The van der Waals surface area contributed by atoms with Crippen molar-refractivity contribution in [3.8, 4) is 0 Å². The zero-order chi connectivity index (χ0) is 29.1. The maximum Gasteiger partial charge on any atom is 0.242 e. The predicted molar refractivity (Wildman–Crippen MR) is 162 cm³/mol. The number of para-hydroxylation sites is 1. The Labute approximate surface area is 249 Å². The second kappa shape index (κ2) is 10.1. The lowest BCUT2D eigenvalue weighted by Crippen LogP contribution is -2.56. The molecule has 4 aliphatic rings. The van der Waals surface area contributed by atoms with Gasteiger partial charge in [-0.25, -0.2) is 0 Å². The summed E-state index contributed by atoms with van der Waals surface area (Å²) in [5, 5.41) is 11.4. The van der Waals surface area contributed by atoms with Crippen LogP contribution in [-0.2, 0) is 33.9 Å². The molecule has 4 heterocycles. The van der Waals surface area contributed by atoms with Gasteiger partial charge in [-0.05, 0) is 47.2 Å². The highest BCUT2D eigenvalue weighted by Crippen LogP contribution is 2.65. The molecule has 218 valence electrons. The Balaban J connectivity index is 1.01. The first-order valence-corrected chi connectivity index (χ1v) is 15.2. The van der Waals surface area contributed by atoms with Gasteiger partial charge in [0.25, 0.3) is 0 Å². The zero-order valence-electron chi connectivity index (χ0n) is 24.0. The van der Waals surface area contributed by atoms with E-state index in [0.29, 0.717) is 52.1 Å². The molecule has 9 nitrogen and oxygen atoms in total. The summed E-state index contributed by atoms with van der Waals surface area (Å²) in [5.41, 5.74) is 5.64. The number of amides is 3. The normalized spacial score (nSPS) is 25.0. The molecule has 2 N–H and O–H groups in total. The molecule has 3 atom stereocenters. The molecule has 3 aromatic carbocycles. The van der Waals surface area contributed by atoms with E-state index < -0.39 is 5.41 Å². The molecule has 1 saturated heterocycles. The van der Waals surface area contributed by atoms with Crippen LogP contribution in [0.3, 0.4) is 0 Å². The Bertz CT molecular complexity index is 1740. The Kier molecular flexibility index (Phi) is 6.11. The van der Waals surface area contributed by atoms with E-state index in [2.05, 4.69) is 32.5 Å². The zero-order valence-corrected chi connectivity index (χ0v) is 24.0. The van der Waals surface area contributed by atoms with Gasteiger partial charge in [-0.15, -0.1) is 0 Å². The summed E-state index contributed by atoms with van der Waals surface area (Å²) in [6.45, 7) is 3.38. The summed E-state index contributed by atoms with van der Waals surface area (Å²) in [6, 6.07) is 21.9. The van der Waals surface area contributed by atoms with Crippen molar-refractivity contribution in [2.24, 2.45) is 5.41 Å². The lowest BCUT2D eigenvalue weighted by atomic mass is 9.92. The first-order valence-electron chi connectivity index (χ1n) is 15.2. The quantitative estimate of drug-likeness (QED) is 0.379. The number of nitrogens with one attached hydrogen (secondary N) is 2. The van der Waals surface area contributed by atoms with Crippen LogP contribution in [0.25, 0.3) is 10.9 Å². The number of aromatic amines is 1. The topological polar surface area (TPSA) is 102 Å². The van der Waals surface area contributed by atoms with Gasteiger partial charge in [-0.1, -0.05) is 54.6 Å². The van der Waals surface area contributed by atoms with Gasteiger partial charge in [0.1, 0.15) is 0 Å². The predicted octanol–water partition coefficient (Wildman–Crippen LogP) is 3.68. The number of rotatable bonds is 5. The minimum Gasteiger partial charge on any atom is -0.340 e. The molecule has 1 aromatic heterocycles. The lowest BCUT2D eigenvalue weighted by molar-refractivity contribution is -0.144. The number of hydrogen-bond acceptors (Lipinski definition) is 5. The van der Waals surface area contributed by atoms with Crippen molar-refractivity contribution in [3.05, 3.63) is 95.2 Å². The second-order valence-corrected chi connectivity index (χ2v) is 12.5. The number of anilines is 1. The third-order valence-corrected chi connectivity index (χ3v) is 10.1. The number of fused-ring (bicyclic) bond motifs is 6. The third kappa shape index (κ3) is 4.41. The van der Waals surface area contributed by atoms with Gasteiger partial charge in [-0.2, -0.15) is 5.10 Å². The summed E-state index contributed by atoms with van der Waals surface area (Å²) in [6.07, 6.45) is 3.42. The Morgan fingerprint density at radius 1 is 0.953 bits per heavy atom. The molecule has 43 heavy (non-hydrogen) atoms. The molecular weight excluding hydrogens is 540 g/mol. The van der Waals surface area contributed by atoms with Crippen LogP contribution in [0, 0.1) is 5.41 Å². The molecule has 0 spiro atoms. The SMILES string of the molecule is O=C1Nc2ccccc2CC1N1CCN(C(=O)CC23CC2c2ccc4[nH]ncc4c2CN(Cc2ccccc2)C3=O)CC1. The Morgan fingerprint density at radius 3 is 2.58 bits per heavy atom. The lowest BCUT2D eigenvalue weighted by Gasteiger charge is -2.40. The van der Waals surface area contributed by atoms with Gasteiger partial charge in [0, 0.05) is 62.7 Å². The first kappa shape index (κ1) is 26.2. The van der Waals surface area contributed by atoms with Crippen molar-refractivity contribution in [1.29, 1.82) is 0 Å². The molecule has 3 unspecified atom stereocenters. The summed E-state index contributed by atoms with van der Waals surface area (Å²) >= 11 is 0. The molecule has 2 fully saturated rings. The first-order chi connectivity index (χ1) is 21.0. The van der Waals surface area contributed by atoms with Crippen molar-refractivity contribution in [2.75, 3.05) is 31.5 Å². The molecule has 3 aliphatic heterocycles. The van der Waals surface area contributed by atoms with E-state index in [1.54, 1.807) is 0 Å². The largest absolute Gasteiger partial charge is 0.340 e. The number of carbonyl (C=O) groups is 3. The molecule has 0 bridgehead atoms. The molecule has 4 aromatic rings. The number of aromatic nitrogens is 2. The maximum absolute atomic E-state index is 14.3. The van der Waals surface area contributed by atoms with Gasteiger partial charge >= 0.3 is 0 Å². The van der Waals surface area contributed by atoms with Crippen LogP contribution in [0.1, 0.15) is 41.0 Å². The van der Waals surface area contributed by atoms with E-state index in [9.17, 15) is 14.4 Å². The molecule has 0 radical (unpaired) electrons. The van der Waals surface area contributed by atoms with Gasteiger partial charge in [0.2, 0.25) is 17.7 Å². The molecule has 1 aliphatic carbocycles. The standard InChI is InChI=1S/C34H34N6O3/c41-31(39-14-12-38(13-15-39)30-16-23-8-4-5-9-28(23)36-32(30)42)18-34-17-27(34)24-10-11-29-25(19-35-37-29)26(24)21-40(33(34)43)20-22-6-2-1-3-7-22/h1-11,19,27,30H,12-18,20-21H2,(H,35,37)(H,36,42). The van der Waals surface area contributed by atoms with E-state index in [1.165, 1.54) is 5.56 Å². The number of H-pyrrole nitrogens is 1. The molecule has 3 amide bonds. The second-order valence-electron chi connectivity index (χ2n) is 12.5. The summed E-state index contributed by atoms with van der Waals surface area (Å²) in [5.74, 6) is 0.137. The van der Waals surface area contributed by atoms with Crippen LogP contribution >= 0.6 is 0 Å². The minimum atomic E-state index is -0.724. The van der Waals surface area contributed by atoms with E-state index in [4.69, 9.17) is 0 Å². The number of hydrogen-bond donors (Lipinski definition) is 2. The average molecular weight is 575 g/mol. The van der Waals surface area contributed by atoms with E-state index >= 15 is 0 Å². The van der Waals surface area contributed by atoms with Gasteiger partial charge in [0.05, 0.1) is 23.2 Å². The number of benzene rings is 3. The van der Waals surface area contributed by atoms with Gasteiger partial charge < -0.3 is 15.1 Å². The highest BCUT2D eigenvalue weighted by Gasteiger charge is 2.64. The van der Waals surface area contributed by atoms with Crippen molar-refractivity contribution < 1.29 is 14.4 Å². The smallest absolute Gasteiger partial charge is 0.242 e. The van der Waals surface area contributed by atoms with Crippen molar-refractivity contribution in [1.82, 2.24) is 24.9 Å². The monoisotopic (exact) mass is 574 g/mol. The van der Waals surface area contributed by atoms with Gasteiger partial charge in [-0.3, -0.25) is 24.4 Å². The van der Waals surface area contributed by atoms with E-state index in [0.717, 1.165) is 33.3 Å². The molecule has 9 heteroatoms. The maximum atomic E-state index is 14.3. The number of piperazine rings is 1. The van der Waals surface area contributed by atoms with Crippen molar-refractivity contribution in [3.63, 3.8) is 0 Å². The van der Waals surface area contributed by atoms with Crippen molar-refractivity contribution in [2.45, 2.75) is 44.3 Å². The molecule has 1 saturated carbocycles. The highest BCUT2D eigenvalue weighted by molar-refractivity contribution is 5.98. The van der Waals surface area contributed by atoms with Crippen LogP contribution in [0.15, 0.2) is 72.9 Å². The Morgan fingerprint density at radius 2 is 1.74 bits per heavy atom. The fraction of sp³-hybridized carbons (Fsp3) is 0.353. The van der Waals surface area contributed by atoms with Crippen LogP contribution in [-0.4, -0.2) is 74.8 Å². The van der Waals surface area contributed by atoms with Crippen molar-refractivity contribution >= 4 is 34.3 Å². The summed E-state index contributed by atoms with van der Waals surface area (Å²) in [4.78, 5) is 47.1. The van der Waals surface area contributed by atoms with E-state index in [1.807, 2.05) is 70.6 Å². The molecule has 8 rings (SSSR count). The minimum absolute atomic E-state index is 0.0196. The molecular formula is C34H34N6O3. The fourth-order valence-corrected chi connectivity index (χ4v) is 7.62. The Hall–Kier alpha value is -4.50. The van der Waals surface area contributed by atoms with Crippen LogP contribution in [0.2, 0.25) is 0 Å². The summed E-state index contributed by atoms with van der Waals surface area (Å²) in [7, 11) is 0. The van der Waals surface area contributed by atoms with Crippen LogP contribution < -0.4 is 5.32 Å². The highest BCUT2D eigenvalue weighted by atomic mass is 16.2. The van der Waals surface area contributed by atoms with Crippen LogP contribution in [0.4, 0.5) is 5.69 Å². The third-order valence-electron chi connectivity index (χ3n) is 10.1. The van der Waals surface area contributed by atoms with Gasteiger partial charge in [0.15, 0.2) is 0 Å². The summed E-state index contributed by atoms with van der Waals surface area (Å²) < 4.78 is 0. The average Bonchev–Trinajstić information content (AvgIpc) is 3.56. The van der Waals surface area contributed by atoms with E-state index in [-0.39, 0.29) is 36.1 Å². The number of nitrogens with zero attached hydrogens (tertiary/aromatic N) is 4. The van der Waals surface area contributed by atoms with Crippen LogP contribution in [0.5, 0.6) is 0 Å². The number of carbonyl (C=O) groups excluding carboxylic acids is 3.